The molecule has 3 aliphatic rings. The molecule has 1 aromatic rings. The van der Waals surface area contributed by atoms with Gasteiger partial charge in [-0.15, -0.1) is 0 Å². The van der Waals surface area contributed by atoms with Crippen LogP contribution in [-0.2, 0) is 11.2 Å². The van der Waals surface area contributed by atoms with Crippen molar-refractivity contribution in [3.05, 3.63) is 33.8 Å². The molecule has 2 fully saturated rings. The maximum atomic E-state index is 12.7. The molecule has 2 heteroatoms. The van der Waals surface area contributed by atoms with Crippen molar-refractivity contribution >= 4 is 17.4 Å². The van der Waals surface area contributed by atoms with Crippen molar-refractivity contribution in [2.24, 2.45) is 23.2 Å². The second-order valence-electron chi connectivity index (χ2n) is 8.13. The molecule has 22 heavy (non-hydrogen) atoms. The average molecular weight is 317 g/mol. The highest BCUT2D eigenvalue weighted by atomic mass is 35.5. The van der Waals surface area contributed by atoms with Crippen molar-refractivity contribution < 1.29 is 4.79 Å². The molecule has 0 saturated heterocycles. The summed E-state index contributed by atoms with van der Waals surface area (Å²) >= 11 is 6.60. The van der Waals surface area contributed by atoms with Crippen molar-refractivity contribution in [1.82, 2.24) is 0 Å². The van der Waals surface area contributed by atoms with Crippen LogP contribution in [0.4, 0.5) is 0 Å². The van der Waals surface area contributed by atoms with Gasteiger partial charge >= 0.3 is 0 Å². The van der Waals surface area contributed by atoms with Gasteiger partial charge in [0.05, 0.1) is 0 Å². The average Bonchev–Trinajstić information content (AvgIpc) is 2.74. The number of carbonyl (C=O) groups excluding carboxylic acids is 1. The maximum absolute atomic E-state index is 12.7. The first-order valence-electron chi connectivity index (χ1n) is 8.75. The summed E-state index contributed by atoms with van der Waals surface area (Å²) in [5, 5.41) is 0.955. The summed E-state index contributed by atoms with van der Waals surface area (Å²) in [7, 11) is 0. The Morgan fingerprint density at radius 2 is 2.05 bits per heavy atom. The Labute approximate surface area is 138 Å². The van der Waals surface area contributed by atoms with Crippen LogP contribution >= 0.6 is 11.6 Å². The van der Waals surface area contributed by atoms with E-state index < -0.39 is 0 Å². The zero-order valence-electron chi connectivity index (χ0n) is 13.8. The molecule has 118 valence electrons. The summed E-state index contributed by atoms with van der Waals surface area (Å²) < 4.78 is 0. The smallest absolute Gasteiger partial charge is 0.141 e. The molecular formula is C20H25ClO. The monoisotopic (exact) mass is 316 g/mol. The van der Waals surface area contributed by atoms with Gasteiger partial charge in [0.15, 0.2) is 0 Å². The van der Waals surface area contributed by atoms with Crippen LogP contribution in [0.3, 0.4) is 0 Å². The third kappa shape index (κ3) is 1.81. The summed E-state index contributed by atoms with van der Waals surface area (Å²) in [6.45, 7) is 6.59. The maximum Gasteiger partial charge on any atom is 0.141 e. The molecule has 0 heterocycles. The van der Waals surface area contributed by atoms with Crippen LogP contribution in [0.15, 0.2) is 12.1 Å². The molecule has 1 aromatic carbocycles. The standard InChI is InChI=1S/C20H25ClO/c1-11-4-7-17(21)18-13(11)5-6-14-15(18)8-9-20(3)16(14)10-12(2)19(20)22/h4,7,12,14-16H,5-6,8-10H2,1-3H3/t12-,14+,15-,16-,20-/m0/s1. The predicted octanol–water partition coefficient (Wildman–Crippen LogP) is 5.32. The van der Waals surface area contributed by atoms with Crippen LogP contribution in [-0.4, -0.2) is 5.78 Å². The van der Waals surface area contributed by atoms with Gasteiger partial charge in [-0.05, 0) is 79.5 Å². The van der Waals surface area contributed by atoms with Crippen molar-refractivity contribution in [2.75, 3.05) is 0 Å². The number of ketones is 1. The van der Waals surface area contributed by atoms with Crippen LogP contribution < -0.4 is 0 Å². The minimum absolute atomic E-state index is 0.0611. The molecule has 0 bridgehead atoms. The summed E-state index contributed by atoms with van der Waals surface area (Å²) in [5.41, 5.74) is 4.25. The van der Waals surface area contributed by atoms with Gasteiger partial charge in [0.25, 0.3) is 0 Å². The number of hydrogen-bond donors (Lipinski definition) is 0. The molecule has 0 N–H and O–H groups in total. The Kier molecular flexibility index (Phi) is 3.24. The van der Waals surface area contributed by atoms with Gasteiger partial charge < -0.3 is 0 Å². The lowest BCUT2D eigenvalue weighted by molar-refractivity contribution is -0.131. The van der Waals surface area contributed by atoms with Gasteiger partial charge in [-0.2, -0.15) is 0 Å². The highest BCUT2D eigenvalue weighted by Gasteiger charge is 2.57. The summed E-state index contributed by atoms with van der Waals surface area (Å²) in [6, 6.07) is 4.24. The molecule has 2 saturated carbocycles. The molecule has 0 radical (unpaired) electrons. The van der Waals surface area contributed by atoms with E-state index in [-0.39, 0.29) is 11.3 Å². The van der Waals surface area contributed by atoms with Crippen LogP contribution in [0.2, 0.25) is 5.02 Å². The van der Waals surface area contributed by atoms with E-state index in [1.54, 1.807) is 0 Å². The Morgan fingerprint density at radius 1 is 1.27 bits per heavy atom. The zero-order valence-corrected chi connectivity index (χ0v) is 14.5. The topological polar surface area (TPSA) is 17.1 Å². The summed E-state index contributed by atoms with van der Waals surface area (Å²) in [5.74, 6) is 2.57. The van der Waals surface area contributed by atoms with Gasteiger partial charge in [0.1, 0.15) is 5.78 Å². The molecule has 0 unspecified atom stereocenters. The first-order chi connectivity index (χ1) is 10.4. The van der Waals surface area contributed by atoms with E-state index >= 15 is 0 Å². The minimum Gasteiger partial charge on any atom is -0.299 e. The number of halogens is 1. The normalized spacial score (nSPS) is 40.1. The van der Waals surface area contributed by atoms with E-state index in [2.05, 4.69) is 32.9 Å². The quantitative estimate of drug-likeness (QED) is 0.633. The first kappa shape index (κ1) is 14.8. The van der Waals surface area contributed by atoms with Crippen LogP contribution in [0.1, 0.15) is 62.1 Å². The van der Waals surface area contributed by atoms with E-state index in [9.17, 15) is 4.79 Å². The van der Waals surface area contributed by atoms with Crippen molar-refractivity contribution in [3.8, 4) is 0 Å². The zero-order chi connectivity index (χ0) is 15.6. The number of carbonyl (C=O) groups is 1. The molecule has 4 rings (SSSR count). The Morgan fingerprint density at radius 3 is 2.82 bits per heavy atom. The molecule has 5 atom stereocenters. The molecule has 0 amide bonds. The van der Waals surface area contributed by atoms with E-state index in [0.717, 1.165) is 30.7 Å². The lowest BCUT2D eigenvalue weighted by Gasteiger charge is -2.48. The molecule has 3 aliphatic carbocycles. The van der Waals surface area contributed by atoms with Crippen LogP contribution in [0.25, 0.3) is 0 Å². The third-order valence-electron chi connectivity index (χ3n) is 7.08. The number of rotatable bonds is 0. The van der Waals surface area contributed by atoms with E-state index in [1.807, 2.05) is 0 Å². The number of benzene rings is 1. The first-order valence-corrected chi connectivity index (χ1v) is 9.13. The Bertz CT molecular complexity index is 649. The fraction of sp³-hybridized carbons (Fsp3) is 0.650. The lowest BCUT2D eigenvalue weighted by Crippen LogP contribution is -2.42. The van der Waals surface area contributed by atoms with Gasteiger partial charge in [-0.25, -0.2) is 0 Å². The fourth-order valence-electron chi connectivity index (χ4n) is 5.95. The SMILES string of the molecule is Cc1ccc(Cl)c2c1CC[C@@H]1[C@@H]2CC[C@]2(C)C(=O)[C@@H](C)C[C@@H]12. The van der Waals surface area contributed by atoms with Crippen molar-refractivity contribution in [1.29, 1.82) is 0 Å². The van der Waals surface area contributed by atoms with Gasteiger partial charge in [-0.3, -0.25) is 4.79 Å². The van der Waals surface area contributed by atoms with Crippen LogP contribution in [0, 0.1) is 30.1 Å². The van der Waals surface area contributed by atoms with Gasteiger partial charge in [0, 0.05) is 16.4 Å². The predicted molar refractivity (Wildman–Crippen MR) is 90.4 cm³/mol. The Balaban J connectivity index is 1.78. The minimum atomic E-state index is -0.0611. The van der Waals surface area contributed by atoms with E-state index in [0.29, 0.717) is 23.5 Å². The molecule has 0 spiro atoms. The second kappa shape index (κ2) is 4.84. The number of aryl methyl sites for hydroxylation is 1. The van der Waals surface area contributed by atoms with E-state index in [1.165, 1.54) is 23.1 Å². The number of hydrogen-bond acceptors (Lipinski definition) is 1. The molecule has 0 aromatic heterocycles. The van der Waals surface area contributed by atoms with Crippen LogP contribution in [0.5, 0.6) is 0 Å². The lowest BCUT2D eigenvalue weighted by atomic mass is 9.55. The highest BCUT2D eigenvalue weighted by molar-refractivity contribution is 6.31. The van der Waals surface area contributed by atoms with Gasteiger partial charge in [0.2, 0.25) is 0 Å². The molecular weight excluding hydrogens is 292 g/mol. The largest absolute Gasteiger partial charge is 0.299 e. The Hall–Kier alpha value is -0.820. The second-order valence-corrected chi connectivity index (χ2v) is 8.54. The third-order valence-corrected chi connectivity index (χ3v) is 7.41. The van der Waals surface area contributed by atoms with Crippen molar-refractivity contribution in [2.45, 2.75) is 58.8 Å². The van der Waals surface area contributed by atoms with Crippen molar-refractivity contribution in [3.63, 3.8) is 0 Å². The molecule has 1 nitrogen and oxygen atoms in total. The highest BCUT2D eigenvalue weighted by Crippen LogP contribution is 2.61. The number of Topliss-reactive ketones (excluding diaryl/α,β-unsaturated/α-hetero) is 1. The number of fused-ring (bicyclic) bond motifs is 5. The fourth-order valence-corrected chi connectivity index (χ4v) is 6.27. The summed E-state index contributed by atoms with van der Waals surface area (Å²) in [6.07, 6.45) is 5.64. The molecule has 0 aliphatic heterocycles. The van der Waals surface area contributed by atoms with E-state index in [4.69, 9.17) is 11.6 Å². The van der Waals surface area contributed by atoms with Gasteiger partial charge in [-0.1, -0.05) is 31.5 Å². The summed E-state index contributed by atoms with van der Waals surface area (Å²) in [4.78, 5) is 12.7.